The van der Waals surface area contributed by atoms with Gasteiger partial charge in [0.1, 0.15) is 5.65 Å². The molecule has 6 heteroatoms. The smallest absolute Gasteiger partial charge is 0.252 e. The van der Waals surface area contributed by atoms with E-state index in [4.69, 9.17) is 5.73 Å². The van der Waals surface area contributed by atoms with Crippen LogP contribution in [0.25, 0.3) is 11.0 Å². The summed E-state index contributed by atoms with van der Waals surface area (Å²) in [5.74, 6) is -0.442. The summed E-state index contributed by atoms with van der Waals surface area (Å²) in [7, 11) is 0. The predicted molar refractivity (Wildman–Crippen MR) is 110 cm³/mol. The number of hydrogen-bond donors (Lipinski definition) is 3. The van der Waals surface area contributed by atoms with Crippen molar-refractivity contribution in [2.24, 2.45) is 5.73 Å². The van der Waals surface area contributed by atoms with Crippen LogP contribution in [0.15, 0.2) is 48.8 Å². The third-order valence-electron chi connectivity index (χ3n) is 6.29. The van der Waals surface area contributed by atoms with Crippen LogP contribution in [0.4, 0.5) is 5.69 Å². The second kappa shape index (κ2) is 6.95. The fraction of sp³-hybridized carbons (Fsp3) is 0.364. The van der Waals surface area contributed by atoms with Crippen molar-refractivity contribution in [3.05, 3.63) is 59.9 Å². The van der Waals surface area contributed by atoms with Crippen molar-refractivity contribution in [3.8, 4) is 0 Å². The molecule has 2 saturated heterocycles. The first-order valence-corrected chi connectivity index (χ1v) is 10.0. The molecule has 2 aliphatic heterocycles. The lowest BCUT2D eigenvalue weighted by atomic mass is 9.95. The maximum absolute atomic E-state index is 11.9. The number of benzene rings is 1. The Morgan fingerprint density at radius 1 is 1.18 bits per heavy atom. The van der Waals surface area contributed by atoms with Gasteiger partial charge in [0, 0.05) is 42.5 Å². The average molecular weight is 375 g/mol. The fourth-order valence-corrected chi connectivity index (χ4v) is 5.00. The Bertz CT molecular complexity index is 985. The lowest BCUT2D eigenvalue weighted by Crippen LogP contribution is -2.46. The van der Waals surface area contributed by atoms with Crippen molar-refractivity contribution in [2.45, 2.75) is 50.4 Å². The Labute approximate surface area is 164 Å². The third kappa shape index (κ3) is 3.03. The summed E-state index contributed by atoms with van der Waals surface area (Å²) in [5, 5.41) is 4.58. The van der Waals surface area contributed by atoms with Crippen molar-refractivity contribution in [3.63, 3.8) is 0 Å². The molecule has 144 valence electrons. The standard InChI is InChI=1S/C22H25N5O/c23-21(28)19-12-25-22-18(8-9-24-22)20(19)26-15-10-16-6-7-17(11-15)27(16)13-14-4-2-1-3-5-14/h1-5,8-9,12,15-17H,6-7,10-11,13H2,(H2,23,28)(H2,24,25,26)/t15?,16-,17+. The number of carbonyl (C=O) groups excluding carboxylic acids is 1. The van der Waals surface area contributed by atoms with Gasteiger partial charge in [-0.1, -0.05) is 30.3 Å². The van der Waals surface area contributed by atoms with Gasteiger partial charge in [0.15, 0.2) is 0 Å². The van der Waals surface area contributed by atoms with Gasteiger partial charge >= 0.3 is 0 Å². The molecule has 0 spiro atoms. The molecule has 3 aromatic rings. The largest absolute Gasteiger partial charge is 0.381 e. The molecule has 1 amide bonds. The predicted octanol–water partition coefficient (Wildman–Crippen LogP) is 3.27. The molecule has 2 fully saturated rings. The summed E-state index contributed by atoms with van der Waals surface area (Å²) >= 11 is 0. The molecular weight excluding hydrogens is 350 g/mol. The first-order valence-electron chi connectivity index (χ1n) is 10.0. The number of hydrogen-bond acceptors (Lipinski definition) is 4. The van der Waals surface area contributed by atoms with Gasteiger partial charge in [-0.05, 0) is 37.3 Å². The molecule has 2 bridgehead atoms. The van der Waals surface area contributed by atoms with Crippen LogP contribution in [0, 0.1) is 0 Å². The summed E-state index contributed by atoms with van der Waals surface area (Å²) in [6.45, 7) is 1.02. The number of H-pyrrole nitrogens is 1. The molecule has 0 saturated carbocycles. The molecule has 2 aliphatic rings. The second-order valence-corrected chi connectivity index (χ2v) is 8.01. The van der Waals surface area contributed by atoms with Crippen LogP contribution in [0.5, 0.6) is 0 Å². The van der Waals surface area contributed by atoms with E-state index in [0.717, 1.165) is 36.1 Å². The minimum atomic E-state index is -0.442. The molecule has 0 radical (unpaired) electrons. The third-order valence-corrected chi connectivity index (χ3v) is 6.29. The van der Waals surface area contributed by atoms with E-state index in [-0.39, 0.29) is 0 Å². The number of anilines is 1. The van der Waals surface area contributed by atoms with Crippen molar-refractivity contribution >= 4 is 22.6 Å². The summed E-state index contributed by atoms with van der Waals surface area (Å²) in [5.41, 5.74) is 9.05. The van der Waals surface area contributed by atoms with Crippen LogP contribution in [0.3, 0.4) is 0 Å². The van der Waals surface area contributed by atoms with Crippen molar-refractivity contribution in [2.75, 3.05) is 5.32 Å². The molecule has 0 aliphatic carbocycles. The van der Waals surface area contributed by atoms with Gasteiger partial charge in [0.2, 0.25) is 0 Å². The zero-order valence-corrected chi connectivity index (χ0v) is 15.8. The van der Waals surface area contributed by atoms with E-state index < -0.39 is 5.91 Å². The van der Waals surface area contributed by atoms with Crippen LogP contribution in [-0.4, -0.2) is 38.9 Å². The minimum Gasteiger partial charge on any atom is -0.381 e. The van der Waals surface area contributed by atoms with Gasteiger partial charge in [-0.25, -0.2) is 4.98 Å². The van der Waals surface area contributed by atoms with Gasteiger partial charge in [0.05, 0.1) is 11.3 Å². The van der Waals surface area contributed by atoms with E-state index in [1.54, 1.807) is 6.20 Å². The number of amides is 1. The van der Waals surface area contributed by atoms with Crippen molar-refractivity contribution in [1.82, 2.24) is 14.9 Å². The molecule has 3 atom stereocenters. The van der Waals surface area contributed by atoms with Gasteiger partial charge in [-0.3, -0.25) is 9.69 Å². The number of carbonyl (C=O) groups is 1. The van der Waals surface area contributed by atoms with Crippen LogP contribution < -0.4 is 11.1 Å². The van der Waals surface area contributed by atoms with E-state index in [1.807, 2.05) is 12.3 Å². The highest BCUT2D eigenvalue weighted by Gasteiger charge is 2.40. The molecule has 2 aromatic heterocycles. The molecule has 6 nitrogen and oxygen atoms in total. The maximum Gasteiger partial charge on any atom is 0.252 e. The zero-order chi connectivity index (χ0) is 19.1. The van der Waals surface area contributed by atoms with Crippen LogP contribution in [-0.2, 0) is 6.54 Å². The summed E-state index contributed by atoms with van der Waals surface area (Å²) in [6, 6.07) is 14.2. The van der Waals surface area contributed by atoms with Gasteiger partial charge < -0.3 is 16.0 Å². The number of piperidine rings is 1. The Hall–Kier alpha value is -2.86. The highest BCUT2D eigenvalue weighted by atomic mass is 16.1. The van der Waals surface area contributed by atoms with E-state index in [0.29, 0.717) is 23.7 Å². The van der Waals surface area contributed by atoms with Crippen molar-refractivity contribution < 1.29 is 4.79 Å². The minimum absolute atomic E-state index is 0.336. The molecule has 4 heterocycles. The molecule has 28 heavy (non-hydrogen) atoms. The number of pyridine rings is 1. The SMILES string of the molecule is NC(=O)c1cnc2[nH]ccc2c1NC1C[C@H]2CC[C@@H](C1)N2Cc1ccccc1. The van der Waals surface area contributed by atoms with E-state index in [1.165, 1.54) is 18.4 Å². The number of aromatic nitrogens is 2. The Kier molecular flexibility index (Phi) is 4.28. The Morgan fingerprint density at radius 3 is 2.64 bits per heavy atom. The summed E-state index contributed by atoms with van der Waals surface area (Å²) < 4.78 is 0. The lowest BCUT2D eigenvalue weighted by Gasteiger charge is -2.39. The molecule has 4 N–H and O–H groups in total. The Balaban J connectivity index is 1.36. The summed E-state index contributed by atoms with van der Waals surface area (Å²) in [4.78, 5) is 22.0. The number of fused-ring (bicyclic) bond motifs is 3. The summed E-state index contributed by atoms with van der Waals surface area (Å²) in [6.07, 6.45) is 8.07. The molecule has 5 rings (SSSR count). The van der Waals surface area contributed by atoms with E-state index in [9.17, 15) is 4.79 Å². The average Bonchev–Trinajstić information content (AvgIpc) is 3.25. The molecular formula is C22H25N5O. The Morgan fingerprint density at radius 2 is 1.93 bits per heavy atom. The van der Waals surface area contributed by atoms with E-state index in [2.05, 4.69) is 50.5 Å². The monoisotopic (exact) mass is 375 g/mol. The fourth-order valence-electron chi connectivity index (χ4n) is 5.00. The second-order valence-electron chi connectivity index (χ2n) is 8.01. The van der Waals surface area contributed by atoms with Crippen LogP contribution in [0.2, 0.25) is 0 Å². The topological polar surface area (TPSA) is 87.0 Å². The van der Waals surface area contributed by atoms with Gasteiger partial charge in [-0.15, -0.1) is 0 Å². The number of nitrogens with two attached hydrogens (primary N) is 1. The number of primary amides is 1. The van der Waals surface area contributed by atoms with Gasteiger partial charge in [0.25, 0.3) is 5.91 Å². The normalized spacial score (nSPS) is 24.5. The first-order chi connectivity index (χ1) is 13.7. The lowest BCUT2D eigenvalue weighted by molar-refractivity contribution is 0.100. The highest BCUT2D eigenvalue weighted by molar-refractivity contribution is 6.05. The maximum atomic E-state index is 11.9. The number of nitrogens with one attached hydrogen (secondary N) is 2. The number of aromatic amines is 1. The zero-order valence-electron chi connectivity index (χ0n) is 15.8. The number of nitrogens with zero attached hydrogens (tertiary/aromatic N) is 2. The molecule has 1 aromatic carbocycles. The first kappa shape index (κ1) is 17.3. The molecule has 1 unspecified atom stereocenters. The number of rotatable bonds is 5. The van der Waals surface area contributed by atoms with Crippen molar-refractivity contribution in [1.29, 1.82) is 0 Å². The highest BCUT2D eigenvalue weighted by Crippen LogP contribution is 2.39. The van der Waals surface area contributed by atoms with Gasteiger partial charge in [-0.2, -0.15) is 0 Å². The van der Waals surface area contributed by atoms with Crippen LogP contribution in [0.1, 0.15) is 41.6 Å². The van der Waals surface area contributed by atoms with Crippen LogP contribution >= 0.6 is 0 Å². The quantitative estimate of drug-likeness (QED) is 0.639. The van der Waals surface area contributed by atoms with E-state index >= 15 is 0 Å².